The van der Waals surface area contributed by atoms with Crippen molar-refractivity contribution in [2.24, 2.45) is 0 Å². The Bertz CT molecular complexity index is 1540. The Labute approximate surface area is 266 Å². The second-order valence-corrected chi connectivity index (χ2v) is 10.5. The van der Waals surface area contributed by atoms with E-state index < -0.39 is 67.4 Å². The molecule has 4 rings (SSSR count). The third kappa shape index (κ3) is 10.0. The van der Waals surface area contributed by atoms with E-state index in [9.17, 15) is 23.5 Å². The van der Waals surface area contributed by atoms with Crippen LogP contribution in [0.15, 0.2) is 97.1 Å². The minimum absolute atomic E-state index is 0.287. The molecule has 3 atom stereocenters. The molecule has 0 saturated carbocycles. The number of carbonyl (C=O) groups excluding carboxylic acids is 2. The van der Waals surface area contributed by atoms with E-state index in [1.165, 1.54) is 12.1 Å². The van der Waals surface area contributed by atoms with Gasteiger partial charge in [0.05, 0.1) is 31.7 Å². The van der Waals surface area contributed by atoms with Crippen LogP contribution < -0.4 is 0 Å². The Morgan fingerprint density at radius 3 is 1.48 bits per heavy atom. The van der Waals surface area contributed by atoms with Crippen LogP contribution in [0, 0.1) is 11.6 Å². The molecule has 244 valence electrons. The van der Waals surface area contributed by atoms with E-state index in [0.717, 1.165) is 11.1 Å². The van der Waals surface area contributed by atoms with Gasteiger partial charge in [-0.25, -0.2) is 8.78 Å². The summed E-state index contributed by atoms with van der Waals surface area (Å²) in [6, 6.07) is 27.5. The van der Waals surface area contributed by atoms with Crippen LogP contribution in [0.25, 0.3) is 22.3 Å². The molecule has 4 aromatic rings. The van der Waals surface area contributed by atoms with Crippen molar-refractivity contribution in [2.45, 2.75) is 37.9 Å². The highest BCUT2D eigenvalue weighted by Crippen LogP contribution is 2.28. The lowest BCUT2D eigenvalue weighted by molar-refractivity contribution is -0.154. The Morgan fingerprint density at radius 1 is 0.652 bits per heavy atom. The topological polar surface area (TPSA) is 134 Å². The van der Waals surface area contributed by atoms with Crippen molar-refractivity contribution in [3.63, 3.8) is 0 Å². The zero-order valence-electron chi connectivity index (χ0n) is 25.6. The number of benzene rings is 4. The Hall–Kier alpha value is -4.48. The fraction of sp³-hybridized carbons (Fsp3) is 0.278. The molecular formula is C36H38F2O8. The molecule has 0 aromatic heterocycles. The predicted molar refractivity (Wildman–Crippen MR) is 169 cm³/mol. The summed E-state index contributed by atoms with van der Waals surface area (Å²) >= 11 is 0. The smallest absolute Gasteiger partial charge is 0.313 e. The second-order valence-electron chi connectivity index (χ2n) is 10.5. The number of hydrogen-bond acceptors (Lipinski definition) is 8. The van der Waals surface area contributed by atoms with Crippen molar-refractivity contribution in [1.82, 2.24) is 0 Å². The summed E-state index contributed by atoms with van der Waals surface area (Å²) in [5, 5.41) is 35.7. The van der Waals surface area contributed by atoms with Gasteiger partial charge in [0, 0.05) is 11.1 Å². The molecule has 4 aromatic carbocycles. The molecule has 0 spiro atoms. The largest absolute Gasteiger partial charge is 0.462 e. The molecule has 8 nitrogen and oxygen atoms in total. The number of ether oxygens (including phenoxy) is 2. The summed E-state index contributed by atoms with van der Waals surface area (Å²) in [5.74, 6) is -3.40. The fourth-order valence-electron chi connectivity index (χ4n) is 4.33. The minimum atomic E-state index is -1.11. The lowest BCUT2D eigenvalue weighted by Crippen LogP contribution is -2.27. The third-order valence-corrected chi connectivity index (χ3v) is 7.18. The van der Waals surface area contributed by atoms with E-state index in [1.54, 1.807) is 38.1 Å². The predicted octanol–water partition coefficient (Wildman–Crippen LogP) is 4.99. The molecule has 0 aliphatic rings. The summed E-state index contributed by atoms with van der Waals surface area (Å²) < 4.78 is 38.5. The number of esters is 2. The van der Waals surface area contributed by atoms with Gasteiger partial charge in [0.25, 0.3) is 0 Å². The van der Waals surface area contributed by atoms with Gasteiger partial charge in [0.2, 0.25) is 0 Å². The average Bonchev–Trinajstić information content (AvgIpc) is 3.09. The van der Waals surface area contributed by atoms with Gasteiger partial charge >= 0.3 is 11.9 Å². The Kier molecular flexibility index (Phi) is 14.0. The van der Waals surface area contributed by atoms with Crippen LogP contribution >= 0.6 is 0 Å². The first-order chi connectivity index (χ1) is 22.1. The van der Waals surface area contributed by atoms with E-state index in [0.29, 0.717) is 22.3 Å². The van der Waals surface area contributed by atoms with Crippen molar-refractivity contribution in [3.05, 3.63) is 120 Å². The van der Waals surface area contributed by atoms with E-state index in [1.807, 2.05) is 60.7 Å². The molecule has 0 bridgehead atoms. The Balaban J connectivity index is 0.000000250. The molecule has 0 heterocycles. The van der Waals surface area contributed by atoms with Crippen molar-refractivity contribution in [3.8, 4) is 22.3 Å². The molecule has 3 unspecified atom stereocenters. The van der Waals surface area contributed by atoms with Crippen molar-refractivity contribution >= 4 is 11.9 Å². The minimum Gasteiger partial charge on any atom is -0.462 e. The van der Waals surface area contributed by atoms with Crippen LogP contribution in [-0.4, -0.2) is 71.0 Å². The van der Waals surface area contributed by atoms with Gasteiger partial charge in [-0.1, -0.05) is 84.9 Å². The van der Waals surface area contributed by atoms with Gasteiger partial charge in [-0.05, 0) is 48.2 Å². The highest BCUT2D eigenvalue weighted by Gasteiger charge is 2.22. The van der Waals surface area contributed by atoms with Gasteiger partial charge in [-0.15, -0.1) is 0 Å². The van der Waals surface area contributed by atoms with Crippen molar-refractivity contribution in [1.29, 1.82) is 0 Å². The van der Waals surface area contributed by atoms with Gasteiger partial charge in [-0.3, -0.25) is 9.59 Å². The third-order valence-electron chi connectivity index (χ3n) is 7.18. The summed E-state index contributed by atoms with van der Waals surface area (Å²) in [4.78, 5) is 23.9. The molecule has 0 amide bonds. The van der Waals surface area contributed by atoms with Gasteiger partial charge in [0.15, 0.2) is 0 Å². The highest BCUT2D eigenvalue weighted by molar-refractivity contribution is 5.79. The summed E-state index contributed by atoms with van der Waals surface area (Å²) in [7, 11) is 0. The summed E-state index contributed by atoms with van der Waals surface area (Å²) in [6.45, 7) is 1.49. The number of hydrogen-bond donors (Lipinski definition) is 4. The Morgan fingerprint density at radius 2 is 1.09 bits per heavy atom. The second kappa shape index (κ2) is 17.9. The van der Waals surface area contributed by atoms with E-state index >= 15 is 0 Å². The van der Waals surface area contributed by atoms with Crippen LogP contribution in [-0.2, 0) is 19.1 Å². The van der Waals surface area contributed by atoms with Crippen LogP contribution in [0.3, 0.4) is 0 Å². The molecule has 0 aliphatic carbocycles. The molecule has 0 saturated heterocycles. The zero-order chi connectivity index (χ0) is 33.6. The maximum Gasteiger partial charge on any atom is 0.313 e. The van der Waals surface area contributed by atoms with Crippen molar-refractivity contribution < 1.29 is 48.3 Å². The zero-order valence-corrected chi connectivity index (χ0v) is 25.6. The average molecular weight is 637 g/mol. The monoisotopic (exact) mass is 636 g/mol. The summed E-state index contributed by atoms with van der Waals surface area (Å²) in [5.41, 5.74) is 3.40. The molecule has 0 radical (unpaired) electrons. The van der Waals surface area contributed by atoms with Crippen molar-refractivity contribution in [2.75, 3.05) is 26.4 Å². The number of aliphatic hydroxyl groups excluding tert-OH is 4. The maximum absolute atomic E-state index is 14.3. The number of carbonyl (C=O) groups is 2. The number of rotatable bonds is 12. The van der Waals surface area contributed by atoms with Crippen LogP contribution in [0.2, 0.25) is 0 Å². The number of aliphatic hydroxyl groups is 4. The molecule has 46 heavy (non-hydrogen) atoms. The molecule has 0 fully saturated rings. The quantitative estimate of drug-likeness (QED) is 0.160. The van der Waals surface area contributed by atoms with E-state index in [4.69, 9.17) is 24.8 Å². The number of halogens is 2. The standard InChI is InChI=1S/2C18H19FO4/c1-12(18(22)23-11-15(21)10-20)14-7-8-16(17(19)9-14)13-5-3-2-4-6-13;1-12(18(22)23-15(10-20)11-21)14-7-8-16(17(19)9-14)13-5-3-2-4-6-13/h2*2-9,12,15,20-21H,10-11H2,1H3. The van der Waals surface area contributed by atoms with Crippen LogP contribution in [0.4, 0.5) is 8.78 Å². The fourth-order valence-corrected chi connectivity index (χ4v) is 4.33. The molecule has 0 aliphatic heterocycles. The van der Waals surface area contributed by atoms with Gasteiger partial charge in [-0.2, -0.15) is 0 Å². The summed E-state index contributed by atoms with van der Waals surface area (Å²) in [6.07, 6.45) is -2.07. The van der Waals surface area contributed by atoms with Crippen LogP contribution in [0.5, 0.6) is 0 Å². The molecule has 10 heteroatoms. The van der Waals surface area contributed by atoms with E-state index in [2.05, 4.69) is 0 Å². The normalized spacial score (nSPS) is 12.8. The van der Waals surface area contributed by atoms with E-state index in [-0.39, 0.29) is 6.61 Å². The van der Waals surface area contributed by atoms with Crippen LogP contribution in [0.1, 0.15) is 36.8 Å². The maximum atomic E-state index is 14.3. The first-order valence-corrected chi connectivity index (χ1v) is 14.7. The lowest BCUT2D eigenvalue weighted by atomic mass is 9.97. The first kappa shape index (κ1) is 36.0. The molecule has 4 N–H and O–H groups in total. The first-order valence-electron chi connectivity index (χ1n) is 14.7. The van der Waals surface area contributed by atoms with Gasteiger partial charge in [0.1, 0.15) is 30.4 Å². The highest BCUT2D eigenvalue weighted by atomic mass is 19.1. The van der Waals surface area contributed by atoms with Gasteiger partial charge < -0.3 is 29.9 Å². The lowest BCUT2D eigenvalue weighted by Gasteiger charge is -2.17. The SMILES string of the molecule is CC(C(=O)OC(CO)CO)c1ccc(-c2ccccc2)c(F)c1.CC(C(=O)OCC(O)CO)c1ccc(-c2ccccc2)c(F)c1. The molecular weight excluding hydrogens is 598 g/mol.